The van der Waals surface area contributed by atoms with Gasteiger partial charge in [0.2, 0.25) is 0 Å². The first-order valence-corrected chi connectivity index (χ1v) is 8.07. The van der Waals surface area contributed by atoms with Crippen LogP contribution in [-0.2, 0) is 26.7 Å². The molecule has 1 heterocycles. The Bertz CT molecular complexity index is 430. The van der Waals surface area contributed by atoms with E-state index in [4.69, 9.17) is 4.74 Å². The van der Waals surface area contributed by atoms with E-state index in [1.165, 1.54) is 17.6 Å². The molecule has 0 atom stereocenters. The molecule has 1 aromatic rings. The number of hydrogen-bond donors (Lipinski definition) is 1. The summed E-state index contributed by atoms with van der Waals surface area (Å²) in [5.74, 6) is -0.0260. The third kappa shape index (κ3) is 6.67. The van der Waals surface area contributed by atoms with Gasteiger partial charge in [0.25, 0.3) is 0 Å². The molecule has 98 valence electrons. The van der Waals surface area contributed by atoms with Crippen molar-refractivity contribution in [1.82, 2.24) is 15.5 Å². The fraction of sp³-hybridized carbons (Fsp3) is 0.778. The lowest BCUT2D eigenvalue weighted by Crippen LogP contribution is -2.21. The van der Waals surface area contributed by atoms with Gasteiger partial charge in [0.05, 0.1) is 6.61 Å². The maximum Gasteiger partial charge on any atom is 0.154 e. The normalized spacial score (nSPS) is 11.9. The molecule has 0 radical (unpaired) electrons. The molecule has 17 heavy (non-hydrogen) atoms. The molecule has 0 bridgehead atoms. The molecule has 0 aliphatic rings. The molecule has 0 saturated heterocycles. The van der Waals surface area contributed by atoms with Crippen LogP contribution in [0.25, 0.3) is 0 Å². The van der Waals surface area contributed by atoms with Gasteiger partial charge in [0, 0.05) is 32.9 Å². The number of rotatable bonds is 8. The van der Waals surface area contributed by atoms with Crippen molar-refractivity contribution in [3.8, 4) is 0 Å². The molecule has 0 aromatic carbocycles. The highest BCUT2D eigenvalue weighted by Gasteiger charge is 2.10. The van der Waals surface area contributed by atoms with Gasteiger partial charge in [0.1, 0.15) is 15.8 Å². The molecular formula is C9H17N3O3S2. The summed E-state index contributed by atoms with van der Waals surface area (Å²) in [6.45, 7) is 2.26. The Balaban J connectivity index is 2.31. The van der Waals surface area contributed by atoms with Crippen molar-refractivity contribution >= 4 is 21.2 Å². The Hall–Kier alpha value is -0.570. The highest BCUT2D eigenvalue weighted by Crippen LogP contribution is 2.12. The van der Waals surface area contributed by atoms with Crippen molar-refractivity contribution in [2.75, 3.05) is 33.1 Å². The molecule has 8 heteroatoms. The summed E-state index contributed by atoms with van der Waals surface area (Å²) in [6.07, 6.45) is 1.95. The number of sulfone groups is 1. The van der Waals surface area contributed by atoms with E-state index >= 15 is 0 Å². The second-order valence-electron chi connectivity index (χ2n) is 3.65. The van der Waals surface area contributed by atoms with Crippen molar-refractivity contribution in [2.24, 2.45) is 0 Å². The van der Waals surface area contributed by atoms with Gasteiger partial charge >= 0.3 is 0 Å². The fourth-order valence-electron chi connectivity index (χ4n) is 1.17. The predicted octanol–water partition coefficient (Wildman–Crippen LogP) is -0.139. The van der Waals surface area contributed by atoms with E-state index < -0.39 is 9.84 Å². The van der Waals surface area contributed by atoms with Gasteiger partial charge in [-0.1, -0.05) is 0 Å². The van der Waals surface area contributed by atoms with Gasteiger partial charge in [0.15, 0.2) is 9.84 Å². The molecular weight excluding hydrogens is 262 g/mol. The average Bonchev–Trinajstić information content (AvgIpc) is 2.63. The summed E-state index contributed by atoms with van der Waals surface area (Å²) in [5, 5.41) is 12.4. The molecule has 0 amide bonds. The summed E-state index contributed by atoms with van der Waals surface area (Å²) in [4.78, 5) is 0. The van der Waals surface area contributed by atoms with Crippen LogP contribution in [0.15, 0.2) is 0 Å². The average molecular weight is 279 g/mol. The summed E-state index contributed by atoms with van der Waals surface area (Å²) >= 11 is 1.35. The van der Waals surface area contributed by atoms with Crippen LogP contribution in [0.1, 0.15) is 10.0 Å². The topological polar surface area (TPSA) is 81.2 Å². The van der Waals surface area contributed by atoms with Crippen LogP contribution < -0.4 is 5.32 Å². The second-order valence-corrected chi connectivity index (χ2v) is 6.94. The maximum absolute atomic E-state index is 11.1. The molecule has 0 unspecified atom stereocenters. The Morgan fingerprint density at radius 3 is 2.65 bits per heavy atom. The van der Waals surface area contributed by atoms with Gasteiger partial charge in [-0.25, -0.2) is 8.42 Å². The number of aromatic nitrogens is 2. The molecule has 1 N–H and O–H groups in total. The number of hydrogen-bond acceptors (Lipinski definition) is 7. The van der Waals surface area contributed by atoms with Gasteiger partial charge in [-0.2, -0.15) is 0 Å². The molecule has 1 aromatic heterocycles. The lowest BCUT2D eigenvalue weighted by molar-refractivity contribution is 0.199. The van der Waals surface area contributed by atoms with Crippen LogP contribution >= 0.6 is 11.3 Å². The van der Waals surface area contributed by atoms with E-state index in [-0.39, 0.29) is 5.75 Å². The zero-order valence-corrected chi connectivity index (χ0v) is 11.6. The molecule has 1 rings (SSSR count). The molecule has 6 nitrogen and oxygen atoms in total. The van der Waals surface area contributed by atoms with Crippen molar-refractivity contribution in [1.29, 1.82) is 0 Å². The largest absolute Gasteiger partial charge is 0.383 e. The van der Waals surface area contributed by atoms with Crippen LogP contribution in [0.5, 0.6) is 0 Å². The molecule has 0 aliphatic heterocycles. The van der Waals surface area contributed by atoms with E-state index in [1.807, 2.05) is 0 Å². The Morgan fingerprint density at radius 1 is 1.29 bits per heavy atom. The minimum absolute atomic E-state index is 0.0260. The predicted molar refractivity (Wildman–Crippen MR) is 66.9 cm³/mol. The van der Waals surface area contributed by atoms with Crippen molar-refractivity contribution < 1.29 is 13.2 Å². The third-order valence-electron chi connectivity index (χ3n) is 1.89. The number of nitrogens with one attached hydrogen (secondary N) is 1. The van der Waals surface area contributed by atoms with E-state index in [0.29, 0.717) is 11.6 Å². The first-order valence-electron chi connectivity index (χ1n) is 5.20. The number of nitrogens with zero attached hydrogens (tertiary/aromatic N) is 2. The van der Waals surface area contributed by atoms with Crippen LogP contribution in [0.2, 0.25) is 0 Å². The first kappa shape index (κ1) is 14.5. The first-order chi connectivity index (χ1) is 8.01. The van der Waals surface area contributed by atoms with Crippen LogP contribution in [0.4, 0.5) is 0 Å². The molecule has 0 saturated carbocycles. The SMILES string of the molecule is COCCNCCc1nnc(CS(C)(=O)=O)s1. The third-order valence-corrected chi connectivity index (χ3v) is 3.86. The van der Waals surface area contributed by atoms with Gasteiger partial charge in [-0.3, -0.25) is 0 Å². The number of ether oxygens (including phenoxy) is 1. The number of methoxy groups -OCH3 is 1. The highest BCUT2D eigenvalue weighted by atomic mass is 32.2. The van der Waals surface area contributed by atoms with Crippen LogP contribution in [-0.4, -0.2) is 51.7 Å². The molecule has 0 fully saturated rings. The Morgan fingerprint density at radius 2 is 2.00 bits per heavy atom. The Labute approximate surface area is 105 Å². The van der Waals surface area contributed by atoms with Crippen molar-refractivity contribution in [3.05, 3.63) is 10.0 Å². The van der Waals surface area contributed by atoms with Gasteiger partial charge < -0.3 is 10.1 Å². The zero-order valence-electron chi connectivity index (χ0n) is 9.97. The lowest BCUT2D eigenvalue weighted by atomic mass is 10.4. The quantitative estimate of drug-likeness (QED) is 0.667. The minimum atomic E-state index is -3.02. The summed E-state index contributed by atoms with van der Waals surface area (Å²) < 4.78 is 27.0. The van der Waals surface area contributed by atoms with E-state index in [0.717, 1.165) is 24.5 Å². The molecule has 0 spiro atoms. The van der Waals surface area contributed by atoms with E-state index in [1.54, 1.807) is 7.11 Å². The van der Waals surface area contributed by atoms with Crippen LogP contribution in [0.3, 0.4) is 0 Å². The second kappa shape index (κ2) is 7.00. The van der Waals surface area contributed by atoms with Crippen LogP contribution in [0, 0.1) is 0 Å². The zero-order chi connectivity index (χ0) is 12.7. The van der Waals surface area contributed by atoms with Crippen molar-refractivity contribution in [2.45, 2.75) is 12.2 Å². The molecule has 0 aliphatic carbocycles. The fourth-order valence-corrected chi connectivity index (χ4v) is 3.19. The maximum atomic E-state index is 11.1. The smallest absolute Gasteiger partial charge is 0.154 e. The van der Waals surface area contributed by atoms with Gasteiger partial charge in [-0.15, -0.1) is 21.5 Å². The van der Waals surface area contributed by atoms with Crippen molar-refractivity contribution in [3.63, 3.8) is 0 Å². The minimum Gasteiger partial charge on any atom is -0.383 e. The monoisotopic (exact) mass is 279 g/mol. The van der Waals surface area contributed by atoms with Gasteiger partial charge in [-0.05, 0) is 0 Å². The summed E-state index contributed by atoms with van der Waals surface area (Å²) in [7, 11) is -1.36. The van der Waals surface area contributed by atoms with E-state index in [2.05, 4.69) is 15.5 Å². The Kier molecular flexibility index (Phi) is 5.96. The summed E-state index contributed by atoms with van der Waals surface area (Å²) in [6, 6.07) is 0. The lowest BCUT2D eigenvalue weighted by Gasteiger charge is -2.00. The standard InChI is InChI=1S/C9H17N3O3S2/c1-15-6-5-10-4-3-8-11-12-9(16-8)7-17(2,13)14/h10H,3-7H2,1-2H3. The highest BCUT2D eigenvalue weighted by molar-refractivity contribution is 7.90. The summed E-state index contributed by atoms with van der Waals surface area (Å²) in [5.41, 5.74) is 0. The van der Waals surface area contributed by atoms with E-state index in [9.17, 15) is 8.42 Å².